The number of aliphatic hydroxyl groups is 1. The van der Waals surface area contributed by atoms with E-state index in [0.29, 0.717) is 30.3 Å². The van der Waals surface area contributed by atoms with Gasteiger partial charge in [-0.25, -0.2) is 0 Å². The van der Waals surface area contributed by atoms with Gasteiger partial charge in [-0.2, -0.15) is 0 Å². The third kappa shape index (κ3) is 4.32. The second-order valence-electron chi connectivity index (χ2n) is 10.7. The smallest absolute Gasteiger partial charge is 0.119 e. The van der Waals surface area contributed by atoms with Gasteiger partial charge in [0.25, 0.3) is 0 Å². The first-order valence-corrected chi connectivity index (χ1v) is 11.2. The highest BCUT2D eigenvalue weighted by molar-refractivity contribution is 5.31. The lowest BCUT2D eigenvalue weighted by atomic mass is 9.51. The van der Waals surface area contributed by atoms with Gasteiger partial charge in [0.1, 0.15) is 5.75 Å². The average molecular weight is 385 g/mol. The van der Waals surface area contributed by atoms with E-state index in [1.54, 1.807) is 0 Å². The van der Waals surface area contributed by atoms with Crippen LogP contribution >= 0.6 is 0 Å². The van der Waals surface area contributed by atoms with Crippen LogP contribution < -0.4 is 4.74 Å². The highest BCUT2D eigenvalue weighted by atomic mass is 16.5. The predicted molar refractivity (Wildman–Crippen MR) is 118 cm³/mol. The Morgan fingerprint density at radius 3 is 2.46 bits per heavy atom. The van der Waals surface area contributed by atoms with Gasteiger partial charge in [-0.05, 0) is 84.3 Å². The molecule has 0 radical (unpaired) electrons. The Kier molecular flexibility index (Phi) is 6.29. The second kappa shape index (κ2) is 8.22. The molecule has 0 spiro atoms. The van der Waals surface area contributed by atoms with Gasteiger partial charge in [0, 0.05) is 6.61 Å². The zero-order valence-electron chi connectivity index (χ0n) is 18.6. The summed E-state index contributed by atoms with van der Waals surface area (Å²) < 4.78 is 6.13. The zero-order valence-corrected chi connectivity index (χ0v) is 18.6. The standard InChI is InChI=1S/C26H40O2/c1-18-7-12-23-24(19(2)13-15-26(23,6)17-27)22(18)14-16-28-21-10-8-20(9-11-21)25(3,4)5/h8-11,19,22-24,27H,1,7,12-17H2,2-6H3/t19?,22-,23?,24-,26-/m0/s1. The molecule has 2 aliphatic carbocycles. The molecule has 1 aromatic rings. The van der Waals surface area contributed by atoms with E-state index in [0.717, 1.165) is 31.6 Å². The van der Waals surface area contributed by atoms with Gasteiger partial charge < -0.3 is 9.84 Å². The van der Waals surface area contributed by atoms with Gasteiger partial charge in [-0.1, -0.05) is 58.9 Å². The van der Waals surface area contributed by atoms with E-state index in [2.05, 4.69) is 65.5 Å². The number of fused-ring (bicyclic) bond motifs is 1. The highest BCUT2D eigenvalue weighted by Crippen LogP contribution is 2.56. The van der Waals surface area contributed by atoms with E-state index in [1.165, 1.54) is 24.0 Å². The Labute approximate surface area is 172 Å². The fourth-order valence-corrected chi connectivity index (χ4v) is 5.76. The first kappa shape index (κ1) is 21.4. The van der Waals surface area contributed by atoms with Gasteiger partial charge in [0.05, 0.1) is 6.61 Å². The Morgan fingerprint density at radius 1 is 1.18 bits per heavy atom. The Hall–Kier alpha value is -1.28. The molecule has 156 valence electrons. The molecule has 0 aliphatic heterocycles. The van der Waals surface area contributed by atoms with Gasteiger partial charge in [0.2, 0.25) is 0 Å². The summed E-state index contributed by atoms with van der Waals surface area (Å²) in [4.78, 5) is 0. The molecule has 0 bridgehead atoms. The summed E-state index contributed by atoms with van der Waals surface area (Å²) in [5.74, 6) is 3.44. The maximum atomic E-state index is 10.1. The van der Waals surface area contributed by atoms with Gasteiger partial charge in [-0.15, -0.1) is 0 Å². The summed E-state index contributed by atoms with van der Waals surface area (Å²) >= 11 is 0. The third-order valence-electron chi connectivity index (χ3n) is 7.73. The first-order chi connectivity index (χ1) is 13.2. The van der Waals surface area contributed by atoms with Crippen molar-refractivity contribution in [3.63, 3.8) is 0 Å². The number of hydrogen-bond donors (Lipinski definition) is 1. The maximum Gasteiger partial charge on any atom is 0.119 e. The zero-order chi connectivity index (χ0) is 20.5. The van der Waals surface area contributed by atoms with Crippen LogP contribution in [0, 0.1) is 29.1 Å². The summed E-state index contributed by atoms with van der Waals surface area (Å²) in [6, 6.07) is 8.57. The normalized spacial score (nSPS) is 33.4. The van der Waals surface area contributed by atoms with Crippen molar-refractivity contribution < 1.29 is 9.84 Å². The van der Waals surface area contributed by atoms with Crippen LogP contribution in [0.3, 0.4) is 0 Å². The van der Waals surface area contributed by atoms with Crippen LogP contribution in [-0.4, -0.2) is 18.3 Å². The van der Waals surface area contributed by atoms with E-state index in [1.807, 2.05) is 0 Å². The van der Waals surface area contributed by atoms with Gasteiger partial charge in [0.15, 0.2) is 0 Å². The largest absolute Gasteiger partial charge is 0.494 e. The van der Waals surface area contributed by atoms with Gasteiger partial charge in [-0.3, -0.25) is 0 Å². The molecule has 0 heterocycles. The van der Waals surface area contributed by atoms with Crippen molar-refractivity contribution in [3.8, 4) is 5.75 Å². The van der Waals surface area contributed by atoms with Gasteiger partial charge >= 0.3 is 0 Å². The Balaban J connectivity index is 1.64. The number of rotatable bonds is 5. The highest BCUT2D eigenvalue weighted by Gasteiger charge is 2.49. The SMILES string of the molecule is C=C1CCC2[C@@H](C(C)CC[C@@]2(C)CO)[C@H]1CCOc1ccc(C(C)(C)C)cc1. The van der Waals surface area contributed by atoms with Crippen molar-refractivity contribution in [1.29, 1.82) is 0 Å². The number of allylic oxidation sites excluding steroid dienone is 1. The van der Waals surface area contributed by atoms with Crippen molar-refractivity contribution in [2.24, 2.45) is 29.1 Å². The maximum absolute atomic E-state index is 10.1. The van der Waals surface area contributed by atoms with Crippen LogP contribution in [0.25, 0.3) is 0 Å². The van der Waals surface area contributed by atoms with Crippen LogP contribution in [0.4, 0.5) is 0 Å². The molecule has 5 atom stereocenters. The van der Waals surface area contributed by atoms with E-state index in [4.69, 9.17) is 4.74 Å². The topological polar surface area (TPSA) is 29.5 Å². The van der Waals surface area contributed by atoms with Crippen LogP contribution in [0.1, 0.15) is 72.3 Å². The number of ether oxygens (including phenoxy) is 1. The van der Waals surface area contributed by atoms with E-state index >= 15 is 0 Å². The van der Waals surface area contributed by atoms with Crippen LogP contribution in [0.15, 0.2) is 36.4 Å². The molecule has 2 nitrogen and oxygen atoms in total. The molecule has 0 aromatic heterocycles. The summed E-state index contributed by atoms with van der Waals surface area (Å²) in [6.45, 7) is 16.9. The molecule has 1 aromatic carbocycles. The Morgan fingerprint density at radius 2 is 1.86 bits per heavy atom. The monoisotopic (exact) mass is 384 g/mol. The number of hydrogen-bond acceptors (Lipinski definition) is 2. The minimum absolute atomic E-state index is 0.0831. The molecule has 2 aliphatic rings. The van der Waals surface area contributed by atoms with Crippen molar-refractivity contribution in [3.05, 3.63) is 42.0 Å². The van der Waals surface area contributed by atoms with Crippen LogP contribution in [-0.2, 0) is 5.41 Å². The lowest BCUT2D eigenvalue weighted by Gasteiger charge is -2.54. The lowest BCUT2D eigenvalue weighted by Crippen LogP contribution is -2.48. The quantitative estimate of drug-likeness (QED) is 0.597. The minimum atomic E-state index is 0.0831. The molecule has 2 heteroatoms. The molecular weight excluding hydrogens is 344 g/mol. The number of aliphatic hydroxyl groups excluding tert-OH is 1. The number of benzene rings is 1. The van der Waals surface area contributed by atoms with Crippen molar-refractivity contribution in [2.45, 2.75) is 72.1 Å². The molecule has 1 N–H and O–H groups in total. The molecule has 2 saturated carbocycles. The van der Waals surface area contributed by atoms with Crippen molar-refractivity contribution >= 4 is 0 Å². The van der Waals surface area contributed by atoms with Crippen molar-refractivity contribution in [2.75, 3.05) is 13.2 Å². The minimum Gasteiger partial charge on any atom is -0.494 e. The average Bonchev–Trinajstić information content (AvgIpc) is 2.66. The molecule has 0 saturated heterocycles. The van der Waals surface area contributed by atoms with Crippen molar-refractivity contribution in [1.82, 2.24) is 0 Å². The van der Waals surface area contributed by atoms with Crippen LogP contribution in [0.2, 0.25) is 0 Å². The molecule has 2 fully saturated rings. The predicted octanol–water partition coefficient (Wildman–Crippen LogP) is 6.38. The third-order valence-corrected chi connectivity index (χ3v) is 7.73. The molecule has 2 unspecified atom stereocenters. The molecule has 3 rings (SSSR count). The summed E-state index contributed by atoms with van der Waals surface area (Å²) in [5, 5.41) is 10.1. The van der Waals surface area contributed by atoms with E-state index < -0.39 is 0 Å². The lowest BCUT2D eigenvalue weighted by molar-refractivity contribution is -0.0557. The summed E-state index contributed by atoms with van der Waals surface area (Å²) in [5.41, 5.74) is 2.99. The summed E-state index contributed by atoms with van der Waals surface area (Å²) in [6.07, 6.45) is 5.70. The van der Waals surface area contributed by atoms with E-state index in [9.17, 15) is 5.11 Å². The summed E-state index contributed by atoms with van der Waals surface area (Å²) in [7, 11) is 0. The Bertz CT molecular complexity index is 669. The van der Waals surface area contributed by atoms with E-state index in [-0.39, 0.29) is 10.8 Å². The fraction of sp³-hybridized carbons (Fsp3) is 0.692. The molecule has 28 heavy (non-hydrogen) atoms. The molecular formula is C26H40O2. The first-order valence-electron chi connectivity index (χ1n) is 11.2. The second-order valence-corrected chi connectivity index (χ2v) is 10.7. The molecule has 0 amide bonds. The van der Waals surface area contributed by atoms with Crippen LogP contribution in [0.5, 0.6) is 5.75 Å². The fourth-order valence-electron chi connectivity index (χ4n) is 5.76.